The molecule has 0 amide bonds. The maximum Gasteiger partial charge on any atom is 0.410 e. The molecule has 76 valence electrons. The molecule has 0 aliphatic heterocycles. The predicted octanol–water partition coefficient (Wildman–Crippen LogP) is 4.16. The van der Waals surface area contributed by atoms with Crippen molar-refractivity contribution in [3.05, 3.63) is 41.7 Å². The Hall–Kier alpha value is -0.590. The van der Waals surface area contributed by atoms with Gasteiger partial charge in [-0.2, -0.15) is 13.2 Å². The van der Waals surface area contributed by atoms with Crippen LogP contribution in [0.15, 0.2) is 30.3 Å². The Morgan fingerprint density at radius 3 is 2.07 bits per heavy atom. The van der Waals surface area contributed by atoms with Gasteiger partial charge in [0.2, 0.25) is 0 Å². The normalized spacial score (nSPS) is 13.1. The van der Waals surface area contributed by atoms with Crippen molar-refractivity contribution in [2.24, 2.45) is 0 Å². The van der Waals surface area contributed by atoms with Crippen molar-refractivity contribution in [2.45, 2.75) is 6.18 Å². The van der Waals surface area contributed by atoms with E-state index in [-0.39, 0.29) is 9.66 Å². The lowest BCUT2D eigenvalue weighted by atomic mass is 10.2. The number of hydrogen-bond acceptors (Lipinski definition) is 0. The SMILES string of the molecule is Fc1ccc(C(I)=CC(F)(F)F)cc1. The molecule has 0 N–H and O–H groups in total. The molecule has 14 heavy (non-hydrogen) atoms. The number of alkyl halides is 3. The Labute approximate surface area is 91.8 Å². The Morgan fingerprint density at radius 1 is 1.14 bits per heavy atom. The summed E-state index contributed by atoms with van der Waals surface area (Å²) in [6.45, 7) is 0. The first-order valence-corrected chi connectivity index (χ1v) is 4.67. The molecule has 0 bridgehead atoms. The highest BCUT2D eigenvalue weighted by atomic mass is 127. The van der Waals surface area contributed by atoms with Crippen LogP contribution in [0.2, 0.25) is 0 Å². The molecule has 0 fully saturated rings. The fraction of sp³-hybridized carbons (Fsp3) is 0.111. The Kier molecular flexibility index (Phi) is 3.52. The van der Waals surface area contributed by atoms with Gasteiger partial charge >= 0.3 is 6.18 Å². The van der Waals surface area contributed by atoms with Crippen molar-refractivity contribution in [3.63, 3.8) is 0 Å². The molecule has 0 saturated heterocycles. The fourth-order valence-electron chi connectivity index (χ4n) is 0.836. The van der Waals surface area contributed by atoms with E-state index >= 15 is 0 Å². The number of halogens is 5. The zero-order valence-electron chi connectivity index (χ0n) is 6.78. The summed E-state index contributed by atoms with van der Waals surface area (Å²) in [5.41, 5.74) is 0.351. The van der Waals surface area contributed by atoms with Gasteiger partial charge in [0.1, 0.15) is 5.82 Å². The Balaban J connectivity index is 2.95. The summed E-state index contributed by atoms with van der Waals surface area (Å²) >= 11 is 1.56. The smallest absolute Gasteiger partial charge is 0.207 e. The van der Waals surface area contributed by atoms with E-state index in [2.05, 4.69) is 0 Å². The third-order valence-electron chi connectivity index (χ3n) is 1.41. The molecule has 0 nitrogen and oxygen atoms in total. The number of allylic oxidation sites excluding steroid dienone is 1. The van der Waals surface area contributed by atoms with E-state index in [0.29, 0.717) is 5.56 Å². The maximum atomic E-state index is 12.4. The number of hydrogen-bond donors (Lipinski definition) is 0. The summed E-state index contributed by atoms with van der Waals surface area (Å²) in [6, 6.07) is 4.86. The van der Waals surface area contributed by atoms with Gasteiger partial charge in [0.15, 0.2) is 0 Å². The van der Waals surface area contributed by atoms with E-state index in [1.54, 1.807) is 22.6 Å². The third kappa shape index (κ3) is 3.65. The fourth-order valence-corrected chi connectivity index (χ4v) is 1.55. The molecular weight excluding hydrogens is 311 g/mol. The van der Waals surface area contributed by atoms with Crippen molar-refractivity contribution < 1.29 is 17.6 Å². The van der Waals surface area contributed by atoms with Gasteiger partial charge in [0, 0.05) is 9.66 Å². The summed E-state index contributed by atoms with van der Waals surface area (Å²) in [5, 5.41) is 0. The lowest BCUT2D eigenvalue weighted by Crippen LogP contribution is -2.01. The Morgan fingerprint density at radius 2 is 1.64 bits per heavy atom. The van der Waals surface area contributed by atoms with Crippen LogP contribution in [0, 0.1) is 5.82 Å². The average molecular weight is 316 g/mol. The predicted molar refractivity (Wildman–Crippen MR) is 54.5 cm³/mol. The summed E-state index contributed by atoms with van der Waals surface area (Å²) in [7, 11) is 0. The second kappa shape index (κ2) is 4.29. The van der Waals surface area contributed by atoms with Gasteiger partial charge < -0.3 is 0 Å². The lowest BCUT2D eigenvalue weighted by molar-refractivity contribution is -0.0791. The van der Waals surface area contributed by atoms with Crippen LogP contribution in [0.1, 0.15) is 5.56 Å². The van der Waals surface area contributed by atoms with Crippen molar-refractivity contribution in [3.8, 4) is 0 Å². The van der Waals surface area contributed by atoms with E-state index in [1.165, 1.54) is 12.1 Å². The van der Waals surface area contributed by atoms with Crippen LogP contribution in [0.5, 0.6) is 0 Å². The molecule has 1 aromatic rings. The third-order valence-corrected chi connectivity index (χ3v) is 2.34. The van der Waals surface area contributed by atoms with Gasteiger partial charge in [-0.05, 0) is 40.3 Å². The molecule has 0 atom stereocenters. The average Bonchev–Trinajstić information content (AvgIpc) is 2.02. The first-order valence-electron chi connectivity index (χ1n) is 3.59. The van der Waals surface area contributed by atoms with Crippen molar-refractivity contribution in [2.75, 3.05) is 0 Å². The van der Waals surface area contributed by atoms with Gasteiger partial charge in [-0.25, -0.2) is 4.39 Å². The molecule has 0 aliphatic carbocycles. The van der Waals surface area contributed by atoms with E-state index in [0.717, 1.165) is 12.1 Å². The topological polar surface area (TPSA) is 0 Å². The van der Waals surface area contributed by atoms with Gasteiger partial charge in [-0.1, -0.05) is 12.1 Å². The lowest BCUT2D eigenvalue weighted by Gasteiger charge is -2.02. The highest BCUT2D eigenvalue weighted by molar-refractivity contribution is 14.1. The van der Waals surface area contributed by atoms with Crippen LogP contribution in [0.3, 0.4) is 0 Å². The molecule has 1 aromatic carbocycles. The summed E-state index contributed by atoms with van der Waals surface area (Å²) in [5.74, 6) is -0.468. The highest BCUT2D eigenvalue weighted by Gasteiger charge is 2.24. The minimum absolute atomic E-state index is 0.0371. The minimum atomic E-state index is -4.34. The maximum absolute atomic E-state index is 12.4. The molecular formula is C9H5F4I. The number of rotatable bonds is 1. The standard InChI is InChI=1S/C9H5F4I/c10-7-3-1-6(2-4-7)8(14)5-9(11,12)13/h1-5H. The number of benzene rings is 1. The molecule has 0 aliphatic rings. The molecule has 0 saturated carbocycles. The first kappa shape index (κ1) is 11.5. The summed E-state index contributed by atoms with van der Waals surface area (Å²) in [4.78, 5) is 0. The monoisotopic (exact) mass is 316 g/mol. The van der Waals surface area contributed by atoms with E-state index in [4.69, 9.17) is 0 Å². The van der Waals surface area contributed by atoms with E-state index in [1.807, 2.05) is 0 Å². The first-order chi connectivity index (χ1) is 6.38. The van der Waals surface area contributed by atoms with Gasteiger partial charge in [0.05, 0.1) is 0 Å². The van der Waals surface area contributed by atoms with Crippen LogP contribution in [0.4, 0.5) is 17.6 Å². The van der Waals surface area contributed by atoms with Crippen molar-refractivity contribution in [1.82, 2.24) is 0 Å². The van der Waals surface area contributed by atoms with Gasteiger partial charge in [-0.3, -0.25) is 0 Å². The van der Waals surface area contributed by atoms with Gasteiger partial charge in [0.25, 0.3) is 0 Å². The zero-order valence-corrected chi connectivity index (χ0v) is 8.93. The van der Waals surface area contributed by atoms with Gasteiger partial charge in [-0.15, -0.1) is 0 Å². The highest BCUT2D eigenvalue weighted by Crippen LogP contribution is 2.28. The molecule has 5 heteroatoms. The van der Waals surface area contributed by atoms with Crippen LogP contribution in [0.25, 0.3) is 3.58 Å². The molecule has 0 unspecified atom stereocenters. The quantitative estimate of drug-likeness (QED) is 0.539. The van der Waals surface area contributed by atoms with Crippen LogP contribution in [-0.4, -0.2) is 6.18 Å². The van der Waals surface area contributed by atoms with Crippen molar-refractivity contribution in [1.29, 1.82) is 0 Å². The van der Waals surface area contributed by atoms with E-state index in [9.17, 15) is 17.6 Å². The largest absolute Gasteiger partial charge is 0.410 e. The molecule has 0 radical (unpaired) electrons. The van der Waals surface area contributed by atoms with Crippen LogP contribution >= 0.6 is 22.6 Å². The molecule has 0 spiro atoms. The van der Waals surface area contributed by atoms with E-state index < -0.39 is 12.0 Å². The minimum Gasteiger partial charge on any atom is -0.207 e. The zero-order chi connectivity index (χ0) is 10.8. The second-order valence-electron chi connectivity index (χ2n) is 2.54. The summed E-state index contributed by atoms with van der Waals surface area (Å²) < 4.78 is 48.2. The summed E-state index contributed by atoms with van der Waals surface area (Å²) in [6.07, 6.45) is -4.16. The van der Waals surface area contributed by atoms with Crippen LogP contribution in [-0.2, 0) is 0 Å². The van der Waals surface area contributed by atoms with Crippen LogP contribution < -0.4 is 0 Å². The molecule has 0 heterocycles. The molecule has 1 rings (SSSR count). The second-order valence-corrected chi connectivity index (χ2v) is 3.70. The van der Waals surface area contributed by atoms with Crippen molar-refractivity contribution >= 4 is 26.2 Å². The molecule has 0 aromatic heterocycles. The Bertz CT molecular complexity index is 337.